The molecule has 1 atom stereocenters. The van der Waals surface area contributed by atoms with Gasteiger partial charge in [0.05, 0.1) is 5.52 Å². The number of hydrogen-bond acceptors (Lipinski definition) is 3. The minimum atomic E-state index is 0.550. The molecule has 112 valence electrons. The molecule has 2 aromatic rings. The fourth-order valence-electron chi connectivity index (χ4n) is 3.04. The molecule has 0 fully saturated rings. The van der Waals surface area contributed by atoms with Crippen LogP contribution in [0.3, 0.4) is 0 Å². The Balaban J connectivity index is 2.06. The molecule has 0 spiro atoms. The van der Waals surface area contributed by atoms with E-state index in [1.54, 1.807) is 0 Å². The highest BCUT2D eigenvalue weighted by Gasteiger charge is 2.20. The molecular formula is C18H25N3. The first-order valence-corrected chi connectivity index (χ1v) is 8.00. The summed E-state index contributed by atoms with van der Waals surface area (Å²) in [6.45, 7) is 7.54. The first-order valence-electron chi connectivity index (χ1n) is 8.00. The van der Waals surface area contributed by atoms with Crippen LogP contribution < -0.4 is 5.32 Å². The van der Waals surface area contributed by atoms with Crippen LogP contribution in [0.4, 0.5) is 0 Å². The lowest BCUT2D eigenvalue weighted by Crippen LogP contribution is -2.31. The molecule has 1 aromatic carbocycles. The van der Waals surface area contributed by atoms with E-state index in [1.165, 1.54) is 22.2 Å². The lowest BCUT2D eigenvalue weighted by molar-refractivity contribution is 0.308. The van der Waals surface area contributed by atoms with Crippen LogP contribution >= 0.6 is 0 Å². The Hall–Kier alpha value is -1.45. The molecule has 0 aliphatic carbocycles. The summed E-state index contributed by atoms with van der Waals surface area (Å²) in [5, 5.41) is 4.97. The quantitative estimate of drug-likeness (QED) is 0.934. The Morgan fingerprint density at radius 1 is 1.33 bits per heavy atom. The molecule has 0 radical (unpaired) electrons. The minimum absolute atomic E-state index is 0.550. The second kappa shape index (κ2) is 6.12. The van der Waals surface area contributed by atoms with Crippen molar-refractivity contribution < 1.29 is 0 Å². The van der Waals surface area contributed by atoms with E-state index in [0.717, 1.165) is 38.0 Å². The van der Waals surface area contributed by atoms with Crippen molar-refractivity contribution in [2.24, 2.45) is 0 Å². The van der Waals surface area contributed by atoms with Gasteiger partial charge in [0.1, 0.15) is 0 Å². The van der Waals surface area contributed by atoms with E-state index in [-0.39, 0.29) is 0 Å². The van der Waals surface area contributed by atoms with Gasteiger partial charge in [-0.3, -0.25) is 4.98 Å². The highest BCUT2D eigenvalue weighted by molar-refractivity contribution is 5.83. The van der Waals surface area contributed by atoms with Gasteiger partial charge in [0.25, 0.3) is 0 Å². The Kier molecular flexibility index (Phi) is 4.22. The molecular weight excluding hydrogens is 258 g/mol. The molecule has 1 aliphatic rings. The number of likely N-dealkylation sites (N-methyl/N-ethyl adjacent to an activating group) is 1. The monoisotopic (exact) mass is 283 g/mol. The van der Waals surface area contributed by atoms with Gasteiger partial charge in [-0.05, 0) is 37.6 Å². The van der Waals surface area contributed by atoms with E-state index >= 15 is 0 Å². The van der Waals surface area contributed by atoms with Gasteiger partial charge >= 0.3 is 0 Å². The summed E-state index contributed by atoms with van der Waals surface area (Å²) in [5.74, 6) is 0. The third-order valence-corrected chi connectivity index (χ3v) is 4.60. The summed E-state index contributed by atoms with van der Waals surface area (Å²) in [6.07, 6.45) is 2.22. The van der Waals surface area contributed by atoms with Gasteiger partial charge < -0.3 is 10.2 Å². The molecule has 3 nitrogen and oxygen atoms in total. The van der Waals surface area contributed by atoms with Crippen molar-refractivity contribution >= 4 is 10.9 Å². The maximum atomic E-state index is 4.90. The van der Waals surface area contributed by atoms with Crippen LogP contribution in [0, 0.1) is 0 Å². The predicted molar refractivity (Wildman–Crippen MR) is 88.4 cm³/mol. The van der Waals surface area contributed by atoms with Crippen molar-refractivity contribution in [3.63, 3.8) is 0 Å². The standard InChI is InChI=1S/C18H25N3/c1-4-13(2)19-11-15-14-7-5-6-8-17(14)20-18-9-10-21(3)12-16(15)18/h5-8,13,19H,4,9-12H2,1-3H3. The summed E-state index contributed by atoms with van der Waals surface area (Å²) in [7, 11) is 2.20. The number of aromatic nitrogens is 1. The second-order valence-electron chi connectivity index (χ2n) is 6.21. The summed E-state index contributed by atoms with van der Waals surface area (Å²) in [5.41, 5.74) is 5.33. The predicted octanol–water partition coefficient (Wildman–Crippen LogP) is 3.11. The van der Waals surface area contributed by atoms with Crippen LogP contribution in [0.2, 0.25) is 0 Å². The van der Waals surface area contributed by atoms with Gasteiger partial charge in [-0.2, -0.15) is 0 Å². The molecule has 3 heteroatoms. The van der Waals surface area contributed by atoms with E-state index in [4.69, 9.17) is 4.98 Å². The van der Waals surface area contributed by atoms with Crippen molar-refractivity contribution in [3.8, 4) is 0 Å². The molecule has 0 bridgehead atoms. The summed E-state index contributed by atoms with van der Waals surface area (Å²) < 4.78 is 0. The van der Waals surface area contributed by atoms with E-state index in [9.17, 15) is 0 Å². The Morgan fingerprint density at radius 2 is 2.14 bits per heavy atom. The molecule has 1 aromatic heterocycles. The smallest absolute Gasteiger partial charge is 0.0708 e. The first kappa shape index (κ1) is 14.5. The van der Waals surface area contributed by atoms with E-state index in [0.29, 0.717) is 6.04 Å². The van der Waals surface area contributed by atoms with Crippen LogP contribution in [-0.2, 0) is 19.5 Å². The zero-order chi connectivity index (χ0) is 14.8. The number of nitrogens with one attached hydrogen (secondary N) is 1. The van der Waals surface area contributed by atoms with E-state index in [1.807, 2.05) is 0 Å². The third kappa shape index (κ3) is 2.94. The number of hydrogen-bond donors (Lipinski definition) is 1. The average molecular weight is 283 g/mol. The van der Waals surface area contributed by atoms with Crippen molar-refractivity contribution in [3.05, 3.63) is 41.1 Å². The molecule has 21 heavy (non-hydrogen) atoms. The second-order valence-corrected chi connectivity index (χ2v) is 6.21. The number of benzene rings is 1. The van der Waals surface area contributed by atoms with Gasteiger partial charge in [-0.25, -0.2) is 0 Å². The largest absolute Gasteiger partial charge is 0.310 e. The average Bonchev–Trinajstić information content (AvgIpc) is 2.51. The van der Waals surface area contributed by atoms with Gasteiger partial charge in [-0.1, -0.05) is 25.1 Å². The highest BCUT2D eigenvalue weighted by Crippen LogP contribution is 2.27. The molecule has 1 aliphatic heterocycles. The zero-order valence-electron chi connectivity index (χ0n) is 13.3. The van der Waals surface area contributed by atoms with Crippen LogP contribution in [0.25, 0.3) is 10.9 Å². The van der Waals surface area contributed by atoms with Gasteiger partial charge in [0.2, 0.25) is 0 Å². The van der Waals surface area contributed by atoms with Gasteiger partial charge in [0, 0.05) is 43.2 Å². The fraction of sp³-hybridized carbons (Fsp3) is 0.500. The number of rotatable bonds is 4. The molecule has 1 unspecified atom stereocenters. The van der Waals surface area contributed by atoms with Crippen LogP contribution in [0.15, 0.2) is 24.3 Å². The molecule has 0 amide bonds. The van der Waals surface area contributed by atoms with Crippen molar-refractivity contribution in [2.45, 2.75) is 45.8 Å². The van der Waals surface area contributed by atoms with Crippen molar-refractivity contribution in [1.82, 2.24) is 15.2 Å². The lowest BCUT2D eigenvalue weighted by atomic mass is 9.95. The highest BCUT2D eigenvalue weighted by atomic mass is 15.1. The molecule has 2 heterocycles. The maximum Gasteiger partial charge on any atom is 0.0708 e. The number of nitrogens with zero attached hydrogens (tertiary/aromatic N) is 2. The van der Waals surface area contributed by atoms with Crippen molar-refractivity contribution in [1.29, 1.82) is 0 Å². The minimum Gasteiger partial charge on any atom is -0.310 e. The summed E-state index contributed by atoms with van der Waals surface area (Å²) >= 11 is 0. The Bertz CT molecular complexity index is 636. The zero-order valence-corrected chi connectivity index (χ0v) is 13.3. The van der Waals surface area contributed by atoms with Crippen molar-refractivity contribution in [2.75, 3.05) is 13.6 Å². The first-order chi connectivity index (χ1) is 10.2. The fourth-order valence-corrected chi connectivity index (χ4v) is 3.04. The maximum absolute atomic E-state index is 4.90. The third-order valence-electron chi connectivity index (χ3n) is 4.60. The van der Waals surface area contributed by atoms with Crippen LogP contribution in [-0.4, -0.2) is 29.5 Å². The Labute approximate surface area is 127 Å². The normalized spacial score (nSPS) is 16.9. The number of pyridine rings is 1. The SMILES string of the molecule is CCC(C)NCc1c2c(nc3ccccc13)CCN(C)C2. The Morgan fingerprint density at radius 3 is 2.95 bits per heavy atom. The van der Waals surface area contributed by atoms with Crippen LogP contribution in [0.5, 0.6) is 0 Å². The van der Waals surface area contributed by atoms with Gasteiger partial charge in [-0.15, -0.1) is 0 Å². The number of fused-ring (bicyclic) bond motifs is 2. The van der Waals surface area contributed by atoms with Crippen LogP contribution in [0.1, 0.15) is 37.1 Å². The molecule has 1 N–H and O–H groups in total. The topological polar surface area (TPSA) is 28.2 Å². The lowest BCUT2D eigenvalue weighted by Gasteiger charge is -2.28. The van der Waals surface area contributed by atoms with E-state index in [2.05, 4.69) is 55.4 Å². The van der Waals surface area contributed by atoms with E-state index < -0.39 is 0 Å². The molecule has 0 saturated carbocycles. The number of para-hydroxylation sites is 1. The summed E-state index contributed by atoms with van der Waals surface area (Å²) in [6, 6.07) is 9.11. The molecule has 0 saturated heterocycles. The van der Waals surface area contributed by atoms with Gasteiger partial charge in [0.15, 0.2) is 0 Å². The summed E-state index contributed by atoms with van der Waals surface area (Å²) in [4.78, 5) is 7.30. The molecule has 3 rings (SSSR count).